The first-order valence-corrected chi connectivity index (χ1v) is 4.83. The van der Waals surface area contributed by atoms with Gasteiger partial charge < -0.3 is 4.74 Å². The van der Waals surface area contributed by atoms with E-state index in [9.17, 15) is 18.0 Å². The van der Waals surface area contributed by atoms with Crippen molar-refractivity contribution in [2.75, 3.05) is 7.11 Å². The zero-order chi connectivity index (χ0) is 13.1. The second-order valence-electron chi connectivity index (χ2n) is 3.48. The number of alkyl halides is 3. The van der Waals surface area contributed by atoms with Crippen molar-refractivity contribution in [2.24, 2.45) is 4.99 Å². The number of rotatable bonds is 4. The number of nitrogens with one attached hydrogen (secondary N) is 1. The number of hydrogen-bond acceptors (Lipinski definition) is 4. The molecule has 0 aliphatic carbocycles. The molecule has 1 aliphatic heterocycles. The van der Waals surface area contributed by atoms with Gasteiger partial charge in [0, 0.05) is 6.08 Å². The lowest BCUT2D eigenvalue weighted by Crippen LogP contribution is -2.95. The number of quaternary nitrogens is 1. The van der Waals surface area contributed by atoms with Crippen LogP contribution in [0.25, 0.3) is 0 Å². The van der Waals surface area contributed by atoms with Gasteiger partial charge in [0.05, 0.1) is 13.5 Å². The fraction of sp³-hybridized carbons (Fsp3) is 0.556. The minimum atomic E-state index is -4.48. The van der Waals surface area contributed by atoms with Gasteiger partial charge in [-0.15, -0.1) is 0 Å². The predicted octanol–water partition coefficient (Wildman–Crippen LogP) is -0.136. The minimum absolute atomic E-state index is 0.114. The molecule has 17 heavy (non-hydrogen) atoms. The number of nitrogens with zero attached hydrogens (tertiary/aromatic N) is 1. The van der Waals surface area contributed by atoms with Crippen molar-refractivity contribution >= 4 is 11.6 Å². The van der Waals surface area contributed by atoms with E-state index < -0.39 is 18.2 Å². The Labute approximate surface area is 95.7 Å². The van der Waals surface area contributed by atoms with E-state index in [1.54, 1.807) is 0 Å². The minimum Gasteiger partial charge on any atom is -0.501 e. The second kappa shape index (κ2) is 5.17. The third kappa shape index (κ3) is 4.06. The lowest BCUT2D eigenvalue weighted by atomic mass is 10.2. The van der Waals surface area contributed by atoms with Crippen LogP contribution in [-0.4, -0.2) is 31.1 Å². The van der Waals surface area contributed by atoms with Crippen LogP contribution in [0.1, 0.15) is 13.3 Å². The van der Waals surface area contributed by atoms with Crippen LogP contribution in [0.5, 0.6) is 0 Å². The molecule has 1 unspecified atom stereocenters. The van der Waals surface area contributed by atoms with Crippen LogP contribution in [0.15, 0.2) is 16.8 Å². The van der Waals surface area contributed by atoms with Gasteiger partial charge in [-0.2, -0.15) is 18.2 Å². The first kappa shape index (κ1) is 13.5. The van der Waals surface area contributed by atoms with E-state index in [4.69, 9.17) is 4.74 Å². The summed E-state index contributed by atoms with van der Waals surface area (Å²) in [4.78, 5) is 14.3. The molecule has 0 bridgehead atoms. The lowest BCUT2D eigenvalue weighted by molar-refractivity contribution is -0.719. The van der Waals surface area contributed by atoms with Crippen molar-refractivity contribution in [1.29, 1.82) is 0 Å². The van der Waals surface area contributed by atoms with Gasteiger partial charge in [-0.3, -0.25) is 4.79 Å². The molecule has 5 nitrogen and oxygen atoms in total. The highest BCUT2D eigenvalue weighted by molar-refractivity contribution is 5.88. The van der Waals surface area contributed by atoms with Crippen LogP contribution >= 0.6 is 0 Å². The normalized spacial score (nSPS) is 20.9. The van der Waals surface area contributed by atoms with Gasteiger partial charge in [-0.25, -0.2) is 10.9 Å². The Kier molecular flexibility index (Phi) is 4.11. The average molecular weight is 252 g/mol. The Morgan fingerprint density at radius 2 is 2.29 bits per heavy atom. The average Bonchev–Trinajstić information content (AvgIpc) is 2.63. The maximum absolute atomic E-state index is 12.3. The summed E-state index contributed by atoms with van der Waals surface area (Å²) >= 11 is 0. The summed E-state index contributed by atoms with van der Waals surface area (Å²) in [6, 6.07) is 0. The van der Waals surface area contributed by atoms with Crippen LogP contribution in [-0.2, 0) is 9.53 Å². The van der Waals surface area contributed by atoms with Crippen molar-refractivity contribution < 1.29 is 28.1 Å². The number of aliphatic imine (C=N–C) groups is 1. The van der Waals surface area contributed by atoms with Crippen LogP contribution in [0.4, 0.5) is 13.2 Å². The second-order valence-corrected chi connectivity index (χ2v) is 3.48. The Morgan fingerprint density at radius 1 is 1.65 bits per heavy atom. The van der Waals surface area contributed by atoms with E-state index in [1.807, 2.05) is 0 Å². The fourth-order valence-electron chi connectivity index (χ4n) is 1.31. The number of nitrogens with two attached hydrogens (primary N) is 1. The first-order valence-electron chi connectivity index (χ1n) is 4.83. The fourth-order valence-corrected chi connectivity index (χ4v) is 1.31. The molecular weight excluding hydrogens is 239 g/mol. The van der Waals surface area contributed by atoms with Crippen LogP contribution in [0.3, 0.4) is 0 Å². The summed E-state index contributed by atoms with van der Waals surface area (Å²) in [6.45, 7) is 1.33. The van der Waals surface area contributed by atoms with E-state index in [0.717, 1.165) is 0 Å². The Bertz CT molecular complexity index is 363. The highest BCUT2D eigenvalue weighted by Crippen LogP contribution is 2.17. The molecule has 0 amide bonds. The SMILES string of the molecule is COC(=CC(C)=O)CC1N=C(C(F)(F)F)N[NH2+]1. The number of ketones is 1. The topological polar surface area (TPSA) is 67.3 Å². The summed E-state index contributed by atoms with van der Waals surface area (Å²) in [5.41, 5.74) is 3.28. The van der Waals surface area contributed by atoms with E-state index >= 15 is 0 Å². The molecule has 0 radical (unpaired) electrons. The number of amidine groups is 1. The maximum atomic E-state index is 12.3. The summed E-state index contributed by atoms with van der Waals surface area (Å²) in [6.07, 6.45) is -3.82. The molecule has 8 heteroatoms. The first-order chi connectivity index (χ1) is 7.82. The molecule has 1 aliphatic rings. The lowest BCUT2D eigenvalue weighted by Gasteiger charge is -2.06. The van der Waals surface area contributed by atoms with E-state index in [1.165, 1.54) is 25.5 Å². The van der Waals surface area contributed by atoms with Gasteiger partial charge in [0.2, 0.25) is 6.17 Å². The van der Waals surface area contributed by atoms with Crippen molar-refractivity contribution in [1.82, 2.24) is 5.43 Å². The summed E-state index contributed by atoms with van der Waals surface area (Å²) < 4.78 is 41.6. The number of halogens is 3. The van der Waals surface area contributed by atoms with Crippen molar-refractivity contribution in [2.45, 2.75) is 25.7 Å². The molecule has 0 aromatic heterocycles. The number of methoxy groups -OCH3 is 1. The monoisotopic (exact) mass is 252 g/mol. The number of carbonyl (C=O) groups excluding carboxylic acids is 1. The van der Waals surface area contributed by atoms with E-state index in [-0.39, 0.29) is 12.2 Å². The van der Waals surface area contributed by atoms with E-state index in [0.29, 0.717) is 5.76 Å². The molecule has 0 aromatic rings. The smallest absolute Gasteiger partial charge is 0.454 e. The molecule has 0 fully saturated rings. The van der Waals surface area contributed by atoms with E-state index in [2.05, 4.69) is 10.4 Å². The zero-order valence-corrected chi connectivity index (χ0v) is 9.34. The van der Waals surface area contributed by atoms with Gasteiger partial charge in [-0.05, 0) is 6.92 Å². The largest absolute Gasteiger partial charge is 0.501 e. The molecule has 1 heterocycles. The molecule has 0 spiro atoms. The molecule has 0 saturated carbocycles. The highest BCUT2D eigenvalue weighted by atomic mass is 19.4. The molecule has 0 aromatic carbocycles. The van der Waals surface area contributed by atoms with Crippen LogP contribution in [0, 0.1) is 0 Å². The predicted molar refractivity (Wildman–Crippen MR) is 52.7 cm³/mol. The van der Waals surface area contributed by atoms with Crippen molar-refractivity contribution in [3.63, 3.8) is 0 Å². The molecule has 3 N–H and O–H groups in total. The number of carbonyl (C=O) groups is 1. The quantitative estimate of drug-likeness (QED) is 0.416. The molecular formula is C9H13F3N3O2+. The number of hydrogen-bond donors (Lipinski definition) is 2. The van der Waals surface area contributed by atoms with Crippen molar-refractivity contribution in [3.05, 3.63) is 11.8 Å². The summed E-state index contributed by atoms with van der Waals surface area (Å²) in [5.74, 6) is -0.957. The summed E-state index contributed by atoms with van der Waals surface area (Å²) in [5, 5.41) is 0. The molecule has 0 saturated heterocycles. The Balaban J connectivity index is 2.66. The Morgan fingerprint density at radius 3 is 2.71 bits per heavy atom. The highest BCUT2D eigenvalue weighted by Gasteiger charge is 2.42. The molecule has 1 rings (SSSR count). The van der Waals surface area contributed by atoms with Gasteiger partial charge in [0.25, 0.3) is 5.84 Å². The van der Waals surface area contributed by atoms with Gasteiger partial charge in [0.15, 0.2) is 5.78 Å². The van der Waals surface area contributed by atoms with Gasteiger partial charge in [0.1, 0.15) is 5.76 Å². The van der Waals surface area contributed by atoms with Gasteiger partial charge >= 0.3 is 6.18 Å². The zero-order valence-electron chi connectivity index (χ0n) is 9.34. The molecule has 1 atom stereocenters. The van der Waals surface area contributed by atoms with Crippen LogP contribution in [0.2, 0.25) is 0 Å². The third-order valence-corrected chi connectivity index (χ3v) is 2.01. The summed E-state index contributed by atoms with van der Waals surface area (Å²) in [7, 11) is 1.35. The van der Waals surface area contributed by atoms with Crippen molar-refractivity contribution in [3.8, 4) is 0 Å². The number of allylic oxidation sites excluding steroid dienone is 1. The Hall–Kier alpha value is -1.57. The standard InChI is InChI=1S/C9H12F3N3O2/c1-5(16)3-6(17-2)4-7-13-8(15-14-7)9(10,11)12/h3,7,14H,4H2,1-2H3,(H,13,15)/p+1. The molecule has 96 valence electrons. The number of ether oxygens (including phenoxy) is 1. The van der Waals surface area contributed by atoms with Crippen LogP contribution < -0.4 is 10.9 Å². The third-order valence-electron chi connectivity index (χ3n) is 2.01. The van der Waals surface area contributed by atoms with Gasteiger partial charge in [-0.1, -0.05) is 0 Å². The maximum Gasteiger partial charge on any atom is 0.454 e.